The van der Waals surface area contributed by atoms with Gasteiger partial charge in [0.05, 0.1) is 12.7 Å². The number of rotatable bonds is 10. The van der Waals surface area contributed by atoms with Crippen molar-refractivity contribution in [2.24, 2.45) is 5.92 Å². The Kier molecular flexibility index (Phi) is 6.12. The summed E-state index contributed by atoms with van der Waals surface area (Å²) in [7, 11) is 0. The second-order valence-corrected chi connectivity index (χ2v) is 7.69. The Morgan fingerprint density at radius 3 is 2.07 bits per heavy atom. The van der Waals surface area contributed by atoms with E-state index in [1.54, 1.807) is 0 Å². The Morgan fingerprint density at radius 2 is 1.47 bits per heavy atom. The molecule has 1 heterocycles. The number of hydrogen-bond donors (Lipinski definition) is 0. The Bertz CT molecular complexity index is 151. The van der Waals surface area contributed by atoms with E-state index in [1.807, 2.05) is 11.8 Å². The summed E-state index contributed by atoms with van der Waals surface area (Å²) in [5, 5.41) is 0. The highest BCUT2D eigenvalue weighted by Crippen LogP contribution is 2.32. The van der Waals surface area contributed by atoms with Crippen LogP contribution in [-0.4, -0.2) is 47.2 Å². The monoisotopic (exact) mass is 264 g/mol. The summed E-state index contributed by atoms with van der Waals surface area (Å²) in [5.41, 5.74) is 0. The Balaban J connectivity index is 1.23. The smallest absolute Gasteiger partial charge is 0.0900 e. The van der Waals surface area contributed by atoms with E-state index in [0.717, 1.165) is 12.5 Å². The van der Waals surface area contributed by atoms with Gasteiger partial charge in [0.25, 0.3) is 0 Å². The zero-order chi connectivity index (χ0) is 10.3. The third-order valence-corrected chi connectivity index (χ3v) is 6.30. The van der Waals surface area contributed by atoms with Crippen LogP contribution in [0.2, 0.25) is 0 Å². The van der Waals surface area contributed by atoms with Gasteiger partial charge in [-0.25, -0.2) is 0 Å². The van der Waals surface area contributed by atoms with Crippen molar-refractivity contribution < 1.29 is 4.74 Å². The maximum Gasteiger partial charge on any atom is 0.0900 e. The molecule has 1 aliphatic heterocycles. The average Bonchev–Trinajstić information content (AvgIpc) is 3.10. The summed E-state index contributed by atoms with van der Waals surface area (Å²) in [6.45, 7) is 1.01. The van der Waals surface area contributed by atoms with Crippen molar-refractivity contribution in [1.29, 1.82) is 0 Å². The van der Waals surface area contributed by atoms with Crippen LogP contribution in [-0.2, 0) is 4.74 Å². The number of hydrogen-bond acceptors (Lipinski definition) is 4. The van der Waals surface area contributed by atoms with Gasteiger partial charge in [-0.2, -0.15) is 35.3 Å². The Morgan fingerprint density at radius 1 is 0.867 bits per heavy atom. The molecule has 0 aromatic carbocycles. The summed E-state index contributed by atoms with van der Waals surface area (Å²) in [5.74, 6) is 9.06. The normalized spacial score (nSPS) is 24.4. The van der Waals surface area contributed by atoms with Crippen molar-refractivity contribution in [1.82, 2.24) is 0 Å². The fraction of sp³-hybridized carbons (Fsp3) is 1.00. The van der Waals surface area contributed by atoms with Crippen LogP contribution in [0.15, 0.2) is 0 Å². The van der Waals surface area contributed by atoms with Gasteiger partial charge in [0.2, 0.25) is 0 Å². The van der Waals surface area contributed by atoms with Crippen LogP contribution in [0.3, 0.4) is 0 Å². The molecule has 0 aromatic heterocycles. The largest absolute Gasteiger partial charge is 0.372 e. The lowest BCUT2D eigenvalue weighted by Crippen LogP contribution is -1.95. The summed E-state index contributed by atoms with van der Waals surface area (Å²) >= 11 is 6.32. The van der Waals surface area contributed by atoms with E-state index in [9.17, 15) is 0 Å². The molecule has 88 valence electrons. The first-order valence-electron chi connectivity index (χ1n) is 5.80. The number of thioether (sulfide) groups is 3. The zero-order valence-electron chi connectivity index (χ0n) is 9.15. The van der Waals surface area contributed by atoms with Crippen LogP contribution in [0.25, 0.3) is 0 Å². The minimum Gasteiger partial charge on any atom is -0.372 e. The summed E-state index contributed by atoms with van der Waals surface area (Å²) in [4.78, 5) is 0. The molecule has 0 bridgehead atoms. The molecule has 15 heavy (non-hydrogen) atoms. The molecule has 4 heteroatoms. The lowest BCUT2D eigenvalue weighted by atomic mass is 10.5. The van der Waals surface area contributed by atoms with Crippen molar-refractivity contribution in [2.45, 2.75) is 18.9 Å². The van der Waals surface area contributed by atoms with Crippen LogP contribution >= 0.6 is 35.3 Å². The molecule has 0 amide bonds. The van der Waals surface area contributed by atoms with E-state index in [-0.39, 0.29) is 0 Å². The standard InChI is InChI=1S/C11H20OS3/c1-2-10(1)8-14-5-3-13-4-6-15-9-11-7-12-11/h10-11H,1-9H2. The van der Waals surface area contributed by atoms with Crippen molar-refractivity contribution in [2.75, 3.05) is 41.1 Å². The van der Waals surface area contributed by atoms with E-state index in [2.05, 4.69) is 23.5 Å². The van der Waals surface area contributed by atoms with Gasteiger partial charge in [0.15, 0.2) is 0 Å². The molecule has 1 unspecified atom stereocenters. The average molecular weight is 264 g/mol. The minimum absolute atomic E-state index is 0.606. The van der Waals surface area contributed by atoms with E-state index in [1.165, 1.54) is 47.4 Å². The van der Waals surface area contributed by atoms with Gasteiger partial charge in [-0.3, -0.25) is 0 Å². The van der Waals surface area contributed by atoms with Gasteiger partial charge in [-0.1, -0.05) is 0 Å². The SMILES string of the molecule is C(CSCC1CC1)SCCSCC1CO1. The highest BCUT2D eigenvalue weighted by Gasteiger charge is 2.21. The first kappa shape index (κ1) is 12.5. The quantitative estimate of drug-likeness (QED) is 0.444. The zero-order valence-corrected chi connectivity index (χ0v) is 11.6. The first-order valence-corrected chi connectivity index (χ1v) is 9.26. The molecule has 2 aliphatic rings. The number of epoxide rings is 1. The van der Waals surface area contributed by atoms with Gasteiger partial charge in [-0.15, -0.1) is 0 Å². The summed E-state index contributed by atoms with van der Waals surface area (Å²) in [6, 6.07) is 0. The van der Waals surface area contributed by atoms with Crippen molar-refractivity contribution in [3.63, 3.8) is 0 Å². The molecule has 2 fully saturated rings. The van der Waals surface area contributed by atoms with Gasteiger partial charge >= 0.3 is 0 Å². The van der Waals surface area contributed by atoms with E-state index < -0.39 is 0 Å². The van der Waals surface area contributed by atoms with Gasteiger partial charge in [0, 0.05) is 28.8 Å². The molecule has 1 nitrogen and oxygen atoms in total. The van der Waals surface area contributed by atoms with Crippen LogP contribution in [0.5, 0.6) is 0 Å². The van der Waals surface area contributed by atoms with E-state index in [4.69, 9.17) is 4.74 Å². The minimum atomic E-state index is 0.606. The molecule has 0 spiro atoms. The summed E-state index contributed by atoms with van der Waals surface area (Å²) in [6.07, 6.45) is 3.61. The van der Waals surface area contributed by atoms with Crippen LogP contribution in [0.1, 0.15) is 12.8 Å². The first-order chi connectivity index (χ1) is 7.45. The molecular weight excluding hydrogens is 244 g/mol. The van der Waals surface area contributed by atoms with Crippen LogP contribution in [0, 0.1) is 5.92 Å². The topological polar surface area (TPSA) is 12.5 Å². The van der Waals surface area contributed by atoms with Crippen LogP contribution < -0.4 is 0 Å². The highest BCUT2D eigenvalue weighted by atomic mass is 32.2. The molecule has 1 saturated carbocycles. The second kappa shape index (κ2) is 7.36. The fourth-order valence-electron chi connectivity index (χ4n) is 1.25. The molecule has 0 radical (unpaired) electrons. The highest BCUT2D eigenvalue weighted by molar-refractivity contribution is 8.04. The van der Waals surface area contributed by atoms with Gasteiger partial charge < -0.3 is 4.74 Å². The van der Waals surface area contributed by atoms with E-state index >= 15 is 0 Å². The lowest BCUT2D eigenvalue weighted by molar-refractivity contribution is 0.426. The second-order valence-electron chi connectivity index (χ2n) is 4.16. The molecular formula is C11H20OS3. The molecule has 2 rings (SSSR count). The molecule has 0 N–H and O–H groups in total. The molecule has 1 atom stereocenters. The Hall–Kier alpha value is 1.01. The molecule has 1 aliphatic carbocycles. The predicted molar refractivity (Wildman–Crippen MR) is 74.4 cm³/mol. The van der Waals surface area contributed by atoms with Crippen LogP contribution in [0.4, 0.5) is 0 Å². The van der Waals surface area contributed by atoms with Crippen molar-refractivity contribution in [3.8, 4) is 0 Å². The predicted octanol–water partition coefficient (Wildman–Crippen LogP) is 2.99. The summed E-state index contributed by atoms with van der Waals surface area (Å²) < 4.78 is 5.17. The number of ether oxygens (including phenoxy) is 1. The van der Waals surface area contributed by atoms with Crippen molar-refractivity contribution in [3.05, 3.63) is 0 Å². The molecule has 0 aromatic rings. The third kappa shape index (κ3) is 7.03. The Labute approximate surface area is 106 Å². The van der Waals surface area contributed by atoms with Gasteiger partial charge in [-0.05, 0) is 24.5 Å². The third-order valence-electron chi connectivity index (χ3n) is 2.50. The maximum atomic E-state index is 5.17. The van der Waals surface area contributed by atoms with Gasteiger partial charge in [0.1, 0.15) is 0 Å². The molecule has 1 saturated heterocycles. The van der Waals surface area contributed by atoms with E-state index in [0.29, 0.717) is 6.10 Å². The lowest BCUT2D eigenvalue weighted by Gasteiger charge is -2.01. The van der Waals surface area contributed by atoms with Crippen molar-refractivity contribution >= 4 is 35.3 Å². The maximum absolute atomic E-state index is 5.17. The fourth-order valence-corrected chi connectivity index (χ4v) is 4.80.